The minimum absolute atomic E-state index is 0.0257. The van der Waals surface area contributed by atoms with Gasteiger partial charge in [-0.25, -0.2) is 0 Å². The second-order valence-electron chi connectivity index (χ2n) is 9.03. The van der Waals surface area contributed by atoms with E-state index in [0.29, 0.717) is 5.56 Å². The number of hydrogen-bond donors (Lipinski definition) is 0. The molecule has 15 nitrogen and oxygen atoms in total. The van der Waals surface area contributed by atoms with Crippen molar-refractivity contribution in [2.24, 2.45) is 0 Å². The number of rotatable bonds is 11. The van der Waals surface area contributed by atoms with Crippen LogP contribution < -0.4 is 20.4 Å². The van der Waals surface area contributed by atoms with Crippen LogP contribution >= 0.6 is 0 Å². The first kappa shape index (κ1) is 30.6. The van der Waals surface area contributed by atoms with Gasteiger partial charge in [0.1, 0.15) is 0 Å². The Hall–Kier alpha value is -3.66. The van der Waals surface area contributed by atoms with Gasteiger partial charge < -0.3 is 39.6 Å². The van der Waals surface area contributed by atoms with Crippen LogP contribution in [0.4, 0.5) is 5.69 Å². The van der Waals surface area contributed by atoms with E-state index in [2.05, 4.69) is 0 Å². The van der Waals surface area contributed by atoms with E-state index in [-0.39, 0.29) is 57.9 Å². The third kappa shape index (κ3) is 11.2. The maximum absolute atomic E-state index is 11.6. The summed E-state index contributed by atoms with van der Waals surface area (Å²) in [4.78, 5) is 62.0. The van der Waals surface area contributed by atoms with Gasteiger partial charge in [-0.3, -0.25) is 29.7 Å². The summed E-state index contributed by atoms with van der Waals surface area (Å²) in [6, 6.07) is 4.99. The first-order valence-corrected chi connectivity index (χ1v) is 11.9. The molecule has 1 fully saturated rings. The molecule has 1 aromatic carbocycles. The summed E-state index contributed by atoms with van der Waals surface area (Å²) in [5, 5.41) is 56.6. The third-order valence-electron chi connectivity index (χ3n) is 6.16. The zero-order chi connectivity index (χ0) is 28.2. The Bertz CT molecular complexity index is 989. The molecule has 0 aromatic heterocycles. The molecule has 0 N–H and O–H groups in total. The predicted molar refractivity (Wildman–Crippen MR) is 122 cm³/mol. The second-order valence-corrected chi connectivity index (χ2v) is 9.03. The lowest BCUT2D eigenvalue weighted by Crippen LogP contribution is -2.55. The largest absolute Gasteiger partial charge is 0.549 e. The Morgan fingerprint density at radius 1 is 0.684 bits per heavy atom. The number of carbonyl (C=O) groups is 4. The van der Waals surface area contributed by atoms with Crippen molar-refractivity contribution in [1.29, 1.82) is 0 Å². The van der Waals surface area contributed by atoms with Crippen LogP contribution in [0.3, 0.4) is 0 Å². The van der Waals surface area contributed by atoms with Gasteiger partial charge in [-0.2, -0.15) is 0 Å². The van der Waals surface area contributed by atoms with E-state index in [1.807, 2.05) is 0 Å². The van der Waals surface area contributed by atoms with Crippen LogP contribution in [0.1, 0.15) is 5.56 Å². The summed E-state index contributed by atoms with van der Waals surface area (Å²) in [6.07, 6.45) is 0.179. The smallest absolute Gasteiger partial charge is 0.269 e. The normalized spacial score (nSPS) is 19.2. The fourth-order valence-corrected chi connectivity index (χ4v) is 4.35. The van der Waals surface area contributed by atoms with Crippen LogP contribution in [0, 0.1) is 10.1 Å². The van der Waals surface area contributed by atoms with Gasteiger partial charge in [-0.1, -0.05) is 12.1 Å². The van der Waals surface area contributed by atoms with E-state index in [1.165, 1.54) is 43.9 Å². The first-order valence-electron chi connectivity index (χ1n) is 11.9. The molecule has 0 radical (unpaired) electrons. The summed E-state index contributed by atoms with van der Waals surface area (Å²) in [5.41, 5.74) is 0.484. The number of nitro benzene ring substituents is 1. The molecule has 1 atom stereocenters. The Morgan fingerprint density at radius 2 is 1.11 bits per heavy atom. The van der Waals surface area contributed by atoms with E-state index in [0.717, 1.165) is 0 Å². The molecule has 15 heteroatoms. The highest BCUT2D eigenvalue weighted by Gasteiger charge is 2.25. The average molecular weight is 536 g/mol. The van der Waals surface area contributed by atoms with Crippen molar-refractivity contribution in [3.8, 4) is 0 Å². The van der Waals surface area contributed by atoms with Crippen molar-refractivity contribution in [3.63, 3.8) is 0 Å². The summed E-state index contributed by atoms with van der Waals surface area (Å²) >= 11 is 0. The first-order chi connectivity index (χ1) is 17.9. The van der Waals surface area contributed by atoms with Crippen LogP contribution in [0.5, 0.6) is 0 Å². The molecular formula is C23H29N5O10-4. The number of nitro groups is 1. The maximum atomic E-state index is 11.6. The van der Waals surface area contributed by atoms with Gasteiger partial charge in [0.25, 0.3) is 5.69 Å². The van der Waals surface area contributed by atoms with Gasteiger partial charge in [0.05, 0.1) is 28.8 Å². The van der Waals surface area contributed by atoms with Crippen molar-refractivity contribution in [3.05, 3.63) is 39.9 Å². The molecule has 2 rings (SSSR count). The standard InChI is InChI=1S/C23H33N5O10/c29-20(30)13-24-5-6-25(14-21(31)32)9-10-27(16-23(35)36)19(12-26(8-7-24)15-22(33)34)11-17-1-3-18(4-2-17)28(37)38/h1-4,19H,5-16H2,(H,29,30)(H,31,32)(H,33,34)(H,35,36)/p-4. The molecule has 1 unspecified atom stereocenters. The highest BCUT2D eigenvalue weighted by Crippen LogP contribution is 2.16. The molecule has 1 aliphatic heterocycles. The Kier molecular flexibility index (Phi) is 12.0. The highest BCUT2D eigenvalue weighted by atomic mass is 16.6. The minimum Gasteiger partial charge on any atom is -0.549 e. The lowest BCUT2D eigenvalue weighted by Gasteiger charge is -2.39. The van der Waals surface area contributed by atoms with Crippen LogP contribution in [0.25, 0.3) is 0 Å². The molecule has 0 aliphatic carbocycles. The quantitative estimate of drug-likeness (QED) is 0.190. The highest BCUT2D eigenvalue weighted by molar-refractivity contribution is 5.68. The van der Waals surface area contributed by atoms with Crippen LogP contribution in [-0.2, 0) is 25.6 Å². The molecule has 1 aromatic rings. The molecule has 0 amide bonds. The van der Waals surface area contributed by atoms with Crippen molar-refractivity contribution < 1.29 is 44.5 Å². The fraction of sp³-hybridized carbons (Fsp3) is 0.565. The number of non-ortho nitro benzene ring substituents is 1. The van der Waals surface area contributed by atoms with Crippen LogP contribution in [-0.4, -0.2) is 126 Å². The number of hydrogen-bond acceptors (Lipinski definition) is 14. The van der Waals surface area contributed by atoms with Gasteiger partial charge in [0.15, 0.2) is 0 Å². The van der Waals surface area contributed by atoms with Crippen molar-refractivity contribution in [2.75, 3.05) is 72.0 Å². The number of nitrogens with zero attached hydrogens (tertiary/aromatic N) is 5. The summed E-state index contributed by atoms with van der Waals surface area (Å²) < 4.78 is 0. The van der Waals surface area contributed by atoms with E-state index >= 15 is 0 Å². The maximum Gasteiger partial charge on any atom is 0.269 e. The molecule has 1 saturated heterocycles. The van der Waals surface area contributed by atoms with E-state index in [4.69, 9.17) is 0 Å². The van der Waals surface area contributed by atoms with Crippen molar-refractivity contribution >= 4 is 29.6 Å². The molecule has 0 spiro atoms. The number of carbonyl (C=O) groups excluding carboxylic acids is 4. The summed E-state index contributed by atoms with van der Waals surface area (Å²) in [6.45, 7) is -1.37. The van der Waals surface area contributed by atoms with Crippen molar-refractivity contribution in [1.82, 2.24) is 19.6 Å². The van der Waals surface area contributed by atoms with Gasteiger partial charge in [-0.05, 0) is 12.0 Å². The summed E-state index contributed by atoms with van der Waals surface area (Å²) in [5.74, 6) is -5.50. The Morgan fingerprint density at radius 3 is 1.55 bits per heavy atom. The predicted octanol–water partition coefficient (Wildman–Crippen LogP) is -6.27. The number of aliphatic carboxylic acids is 4. The number of carboxylic acid groups (broad SMARTS) is 4. The zero-order valence-corrected chi connectivity index (χ0v) is 20.7. The monoisotopic (exact) mass is 535 g/mol. The molecule has 38 heavy (non-hydrogen) atoms. The average Bonchev–Trinajstić information content (AvgIpc) is 2.80. The molecule has 0 bridgehead atoms. The Balaban J connectivity index is 2.41. The van der Waals surface area contributed by atoms with Gasteiger partial charge in [0, 0.05) is 90.2 Å². The molecule has 1 aliphatic rings. The van der Waals surface area contributed by atoms with Crippen molar-refractivity contribution in [2.45, 2.75) is 12.5 Å². The SMILES string of the molecule is O=C([O-])CN1CCN(CC(=O)[O-])CCN(CC(=O)[O-])C(Cc2ccc([N+](=O)[O-])cc2)CN(CC(=O)[O-])CC1. The van der Waals surface area contributed by atoms with Crippen LogP contribution in [0.15, 0.2) is 24.3 Å². The van der Waals surface area contributed by atoms with E-state index in [9.17, 15) is 49.7 Å². The molecule has 210 valence electrons. The molecule has 0 saturated carbocycles. The number of benzene rings is 1. The molecule has 1 heterocycles. The van der Waals surface area contributed by atoms with Crippen LogP contribution in [0.2, 0.25) is 0 Å². The third-order valence-corrected chi connectivity index (χ3v) is 6.16. The number of carboxylic acids is 4. The Labute approximate surface area is 218 Å². The topological polar surface area (TPSA) is 217 Å². The fourth-order valence-electron chi connectivity index (χ4n) is 4.35. The van der Waals surface area contributed by atoms with E-state index < -0.39 is 61.0 Å². The lowest BCUT2D eigenvalue weighted by atomic mass is 10.0. The van der Waals surface area contributed by atoms with E-state index in [1.54, 1.807) is 0 Å². The van der Waals surface area contributed by atoms with Gasteiger partial charge in [0.2, 0.25) is 0 Å². The summed E-state index contributed by atoms with van der Waals surface area (Å²) in [7, 11) is 0. The lowest BCUT2D eigenvalue weighted by molar-refractivity contribution is -0.384. The second kappa shape index (κ2) is 14.9. The van der Waals surface area contributed by atoms with Gasteiger partial charge in [-0.15, -0.1) is 0 Å². The zero-order valence-electron chi connectivity index (χ0n) is 20.7. The molecular weight excluding hydrogens is 506 g/mol. The minimum atomic E-state index is -1.40. The van der Waals surface area contributed by atoms with Gasteiger partial charge >= 0.3 is 0 Å².